The van der Waals surface area contributed by atoms with Crippen molar-refractivity contribution in [1.82, 2.24) is 4.90 Å². The summed E-state index contributed by atoms with van der Waals surface area (Å²) in [7, 11) is 0. The summed E-state index contributed by atoms with van der Waals surface area (Å²) in [6.45, 7) is 24.0. The van der Waals surface area contributed by atoms with E-state index in [1.165, 1.54) is 32.6 Å². The normalized spacial score (nSPS) is 51.2. The summed E-state index contributed by atoms with van der Waals surface area (Å²) in [6.07, 6.45) is 6.85. The van der Waals surface area contributed by atoms with Crippen molar-refractivity contribution in [2.75, 3.05) is 19.7 Å². The van der Waals surface area contributed by atoms with Gasteiger partial charge in [0.1, 0.15) is 0 Å². The highest BCUT2D eigenvalue weighted by atomic mass is 16.7. The molecule has 0 aromatic carbocycles. The second kappa shape index (κ2) is 11.1. The van der Waals surface area contributed by atoms with E-state index in [9.17, 15) is 15.0 Å². The highest BCUT2D eigenvalue weighted by Gasteiger charge is 2.84. The first-order valence-electron chi connectivity index (χ1n) is 19.1. The van der Waals surface area contributed by atoms with Crippen LogP contribution in [0.2, 0.25) is 0 Å². The number of rotatable bonds is 6. The standard InChI is InChI=1S/C39H65NO7/c1-22(2)40-17-18-44-29(20-40)47-28-13-14-38-21-39(38)16-15-36(9)30-23(3)19-25(33(35(7,8)43)45-24(4)41)46-31(30)32(42)37(36,10)27(39)12-11-26(38)34(28,5)6/h22-23,25-33,42-43H,11-21H2,1-10H3. The maximum Gasteiger partial charge on any atom is 0.303 e. The molecule has 2 aliphatic heterocycles. The molecule has 0 bridgehead atoms. The van der Waals surface area contributed by atoms with Crippen LogP contribution in [0.4, 0.5) is 0 Å². The van der Waals surface area contributed by atoms with Gasteiger partial charge >= 0.3 is 5.97 Å². The smallest absolute Gasteiger partial charge is 0.303 e. The van der Waals surface area contributed by atoms with Crippen LogP contribution in [0, 0.1) is 50.7 Å². The number of hydrogen-bond acceptors (Lipinski definition) is 8. The Morgan fingerprint density at radius 1 is 1.02 bits per heavy atom. The highest BCUT2D eigenvalue weighted by Crippen LogP contribution is 2.89. The summed E-state index contributed by atoms with van der Waals surface area (Å²) < 4.78 is 25.6. The Morgan fingerprint density at radius 2 is 1.70 bits per heavy atom. The van der Waals surface area contributed by atoms with E-state index in [0.717, 1.165) is 39.0 Å². The average Bonchev–Trinajstić information content (AvgIpc) is 3.61. The Bertz CT molecular complexity index is 1230. The van der Waals surface area contributed by atoms with Gasteiger partial charge in [0.15, 0.2) is 12.4 Å². The fourth-order valence-electron chi connectivity index (χ4n) is 14.0. The molecule has 7 rings (SSSR count). The molecule has 14 atom stereocenters. The molecule has 0 radical (unpaired) electrons. The van der Waals surface area contributed by atoms with Crippen molar-refractivity contribution in [2.45, 2.75) is 169 Å². The van der Waals surface area contributed by atoms with E-state index < -0.39 is 29.9 Å². The van der Waals surface area contributed by atoms with Crippen LogP contribution < -0.4 is 0 Å². The fraction of sp³-hybridized carbons (Fsp3) is 0.974. The number of hydrogen-bond donors (Lipinski definition) is 2. The molecule has 2 spiro atoms. The van der Waals surface area contributed by atoms with Crippen molar-refractivity contribution in [3.63, 3.8) is 0 Å². The minimum Gasteiger partial charge on any atom is -0.457 e. The van der Waals surface area contributed by atoms with E-state index in [0.29, 0.717) is 29.7 Å². The molecule has 2 heterocycles. The van der Waals surface area contributed by atoms with Crippen LogP contribution in [0.5, 0.6) is 0 Å². The molecule has 5 aliphatic carbocycles. The summed E-state index contributed by atoms with van der Waals surface area (Å²) in [5.74, 6) is 1.15. The molecule has 47 heavy (non-hydrogen) atoms. The Morgan fingerprint density at radius 3 is 2.36 bits per heavy atom. The molecule has 7 fully saturated rings. The van der Waals surface area contributed by atoms with Crippen molar-refractivity contribution >= 4 is 5.97 Å². The maximum absolute atomic E-state index is 12.6. The number of nitrogens with zero attached hydrogens (tertiary/aromatic N) is 1. The number of fused-ring (bicyclic) bond motifs is 4. The van der Waals surface area contributed by atoms with Gasteiger partial charge in [-0.2, -0.15) is 0 Å². The molecular weight excluding hydrogens is 594 g/mol. The lowest BCUT2D eigenvalue weighted by atomic mass is 9.41. The van der Waals surface area contributed by atoms with Crippen LogP contribution in [0.1, 0.15) is 121 Å². The third kappa shape index (κ3) is 4.76. The van der Waals surface area contributed by atoms with Crippen LogP contribution in [0.15, 0.2) is 0 Å². The van der Waals surface area contributed by atoms with Gasteiger partial charge in [-0.25, -0.2) is 0 Å². The van der Waals surface area contributed by atoms with Gasteiger partial charge in [-0.15, -0.1) is 0 Å². The molecular formula is C39H65NO7. The zero-order chi connectivity index (χ0) is 34.1. The number of morpholine rings is 1. The first kappa shape index (κ1) is 34.7. The number of carbonyl (C=O) groups excluding carboxylic acids is 1. The van der Waals surface area contributed by atoms with Crippen LogP contribution >= 0.6 is 0 Å². The molecule has 0 aromatic rings. The molecule has 0 aromatic heterocycles. The van der Waals surface area contributed by atoms with Gasteiger partial charge in [-0.05, 0) is 124 Å². The van der Waals surface area contributed by atoms with E-state index in [1.807, 2.05) is 0 Å². The number of aliphatic hydroxyl groups excluding tert-OH is 1. The largest absolute Gasteiger partial charge is 0.457 e. The number of esters is 1. The highest BCUT2D eigenvalue weighted by molar-refractivity contribution is 5.66. The van der Waals surface area contributed by atoms with Crippen LogP contribution in [0.25, 0.3) is 0 Å². The zero-order valence-electron chi connectivity index (χ0n) is 31.0. The van der Waals surface area contributed by atoms with Crippen LogP contribution in [-0.2, 0) is 23.7 Å². The van der Waals surface area contributed by atoms with Crippen molar-refractivity contribution < 1.29 is 34.0 Å². The summed E-state index contributed by atoms with van der Waals surface area (Å²) >= 11 is 0. The molecule has 5 saturated carbocycles. The lowest BCUT2D eigenvalue weighted by Crippen LogP contribution is -2.60. The molecule has 268 valence electrons. The lowest BCUT2D eigenvalue weighted by Gasteiger charge is -2.64. The van der Waals surface area contributed by atoms with Gasteiger partial charge < -0.3 is 29.2 Å². The SMILES string of the molecule is CC(=O)OC(C1CC(C)C2C(O1)C(O)C1(C)C3CCC4C(C)(C)C(OC5CN(C(C)C)CCO5)CCC45CC35CCC21C)C(C)(C)O. The first-order valence-corrected chi connectivity index (χ1v) is 19.1. The average molecular weight is 660 g/mol. The van der Waals surface area contributed by atoms with Crippen molar-refractivity contribution in [1.29, 1.82) is 0 Å². The predicted molar refractivity (Wildman–Crippen MR) is 179 cm³/mol. The number of ether oxygens (including phenoxy) is 4. The van der Waals surface area contributed by atoms with E-state index in [2.05, 4.69) is 53.4 Å². The van der Waals surface area contributed by atoms with Crippen LogP contribution in [0.3, 0.4) is 0 Å². The molecule has 2 N–H and O–H groups in total. The predicted octanol–water partition coefficient (Wildman–Crippen LogP) is 5.95. The van der Waals surface area contributed by atoms with E-state index in [1.54, 1.807) is 13.8 Å². The van der Waals surface area contributed by atoms with Gasteiger partial charge in [-0.3, -0.25) is 9.69 Å². The quantitative estimate of drug-likeness (QED) is 0.338. The van der Waals surface area contributed by atoms with Gasteiger partial charge in [0, 0.05) is 31.5 Å². The number of aliphatic hydroxyl groups is 2. The number of carbonyl (C=O) groups is 1. The maximum atomic E-state index is 12.6. The summed E-state index contributed by atoms with van der Waals surface area (Å²) in [4.78, 5) is 14.6. The topological polar surface area (TPSA) is 97.7 Å². The Labute approximate surface area is 284 Å². The van der Waals surface area contributed by atoms with Gasteiger partial charge in [0.2, 0.25) is 0 Å². The van der Waals surface area contributed by atoms with Crippen molar-refractivity contribution in [2.24, 2.45) is 50.7 Å². The first-order chi connectivity index (χ1) is 21.8. The summed E-state index contributed by atoms with van der Waals surface area (Å²) in [5, 5.41) is 23.6. The molecule has 2 saturated heterocycles. The van der Waals surface area contributed by atoms with Gasteiger partial charge in [0.25, 0.3) is 0 Å². The van der Waals surface area contributed by atoms with Gasteiger partial charge in [-0.1, -0.05) is 34.6 Å². The van der Waals surface area contributed by atoms with Crippen LogP contribution in [-0.4, -0.2) is 89.2 Å². The third-order valence-electron chi connectivity index (χ3n) is 16.2. The monoisotopic (exact) mass is 659 g/mol. The Balaban J connectivity index is 1.13. The fourth-order valence-corrected chi connectivity index (χ4v) is 14.0. The molecule has 8 heteroatoms. The zero-order valence-corrected chi connectivity index (χ0v) is 31.0. The van der Waals surface area contributed by atoms with Crippen molar-refractivity contribution in [3.05, 3.63) is 0 Å². The lowest BCUT2D eigenvalue weighted by molar-refractivity contribution is -0.250. The minimum absolute atomic E-state index is 0.0455. The third-order valence-corrected chi connectivity index (χ3v) is 16.2. The summed E-state index contributed by atoms with van der Waals surface area (Å²) in [6, 6.07) is 0.499. The molecule has 14 unspecified atom stereocenters. The second-order valence-electron chi connectivity index (χ2n) is 19.3. The van der Waals surface area contributed by atoms with E-state index in [-0.39, 0.29) is 52.0 Å². The van der Waals surface area contributed by atoms with E-state index >= 15 is 0 Å². The molecule has 8 nitrogen and oxygen atoms in total. The van der Waals surface area contributed by atoms with Crippen molar-refractivity contribution in [3.8, 4) is 0 Å². The van der Waals surface area contributed by atoms with E-state index in [4.69, 9.17) is 18.9 Å². The second-order valence-corrected chi connectivity index (χ2v) is 19.3. The van der Waals surface area contributed by atoms with Gasteiger partial charge in [0.05, 0.1) is 36.6 Å². The molecule has 7 aliphatic rings. The minimum atomic E-state index is -1.25. The Kier molecular flexibility index (Phi) is 8.20. The summed E-state index contributed by atoms with van der Waals surface area (Å²) in [5.41, 5.74) is -0.902. The molecule has 0 amide bonds. The Hall–Kier alpha value is -0.770.